The van der Waals surface area contributed by atoms with Crippen molar-refractivity contribution in [2.24, 2.45) is 7.05 Å². The van der Waals surface area contributed by atoms with E-state index >= 15 is 0 Å². The lowest BCUT2D eigenvalue weighted by atomic mass is 10.0. The van der Waals surface area contributed by atoms with E-state index in [0.717, 1.165) is 27.9 Å². The molecule has 0 atom stereocenters. The summed E-state index contributed by atoms with van der Waals surface area (Å²) in [4.78, 5) is 19.4. The molecule has 4 heteroatoms. The standard InChI is InChI=1S/C15H15N3O/c1-9-8-13(15(19)17-10(9)2)11-4-6-16-14-12(11)5-7-18(14)3/h4-8H,1-3H3,(H,17,19). The molecule has 0 aliphatic rings. The zero-order valence-electron chi connectivity index (χ0n) is 11.2. The van der Waals surface area contributed by atoms with Crippen molar-refractivity contribution in [3.8, 4) is 11.1 Å². The summed E-state index contributed by atoms with van der Waals surface area (Å²) in [6, 6.07) is 5.82. The third-order valence-electron chi connectivity index (χ3n) is 3.56. The molecule has 4 nitrogen and oxygen atoms in total. The summed E-state index contributed by atoms with van der Waals surface area (Å²) in [5.74, 6) is 0. The van der Waals surface area contributed by atoms with Crippen molar-refractivity contribution >= 4 is 11.0 Å². The summed E-state index contributed by atoms with van der Waals surface area (Å²) in [5, 5.41) is 0.999. The number of nitrogens with zero attached hydrogens (tertiary/aromatic N) is 2. The fraction of sp³-hybridized carbons (Fsp3) is 0.200. The zero-order valence-corrected chi connectivity index (χ0v) is 11.2. The van der Waals surface area contributed by atoms with Crippen LogP contribution in [0.3, 0.4) is 0 Å². The first-order valence-corrected chi connectivity index (χ1v) is 6.19. The number of H-pyrrole nitrogens is 1. The molecule has 0 fully saturated rings. The largest absolute Gasteiger partial charge is 0.336 e. The summed E-state index contributed by atoms with van der Waals surface area (Å²) in [6.45, 7) is 3.91. The highest BCUT2D eigenvalue weighted by Crippen LogP contribution is 2.26. The lowest BCUT2D eigenvalue weighted by molar-refractivity contribution is 0.948. The Balaban J connectivity index is 2.37. The van der Waals surface area contributed by atoms with E-state index in [0.29, 0.717) is 5.56 Å². The summed E-state index contributed by atoms with van der Waals surface area (Å²) in [6.07, 6.45) is 3.70. The van der Waals surface area contributed by atoms with Crippen LogP contribution in [0.25, 0.3) is 22.2 Å². The van der Waals surface area contributed by atoms with E-state index in [4.69, 9.17) is 0 Å². The van der Waals surface area contributed by atoms with E-state index in [1.165, 1.54) is 0 Å². The van der Waals surface area contributed by atoms with Gasteiger partial charge in [0.1, 0.15) is 5.65 Å². The number of pyridine rings is 2. The minimum absolute atomic E-state index is 0.0561. The maximum absolute atomic E-state index is 12.2. The SMILES string of the molecule is Cc1cc(-c2ccnc3c2ccn3C)c(=O)[nH]c1C. The Kier molecular flexibility index (Phi) is 2.52. The Morgan fingerprint density at radius 2 is 2.00 bits per heavy atom. The van der Waals surface area contributed by atoms with Crippen LogP contribution in [0.5, 0.6) is 0 Å². The average molecular weight is 253 g/mol. The first-order chi connectivity index (χ1) is 9.08. The van der Waals surface area contributed by atoms with Crippen molar-refractivity contribution in [3.05, 3.63) is 52.2 Å². The van der Waals surface area contributed by atoms with Gasteiger partial charge in [0.15, 0.2) is 0 Å². The number of aromatic nitrogens is 3. The molecule has 19 heavy (non-hydrogen) atoms. The van der Waals surface area contributed by atoms with E-state index in [-0.39, 0.29) is 5.56 Å². The summed E-state index contributed by atoms with van der Waals surface area (Å²) in [5.41, 5.74) is 4.44. The fourth-order valence-electron chi connectivity index (χ4n) is 2.33. The van der Waals surface area contributed by atoms with Crippen molar-refractivity contribution in [1.82, 2.24) is 14.5 Å². The molecule has 3 rings (SSSR count). The van der Waals surface area contributed by atoms with Crippen LogP contribution in [-0.4, -0.2) is 14.5 Å². The number of rotatable bonds is 1. The Morgan fingerprint density at radius 3 is 2.79 bits per heavy atom. The minimum atomic E-state index is -0.0561. The molecule has 0 unspecified atom stereocenters. The molecule has 0 amide bonds. The fourth-order valence-corrected chi connectivity index (χ4v) is 2.33. The number of fused-ring (bicyclic) bond motifs is 1. The lowest BCUT2D eigenvalue weighted by Crippen LogP contribution is -2.11. The van der Waals surface area contributed by atoms with Gasteiger partial charge in [-0.25, -0.2) is 4.98 Å². The molecule has 3 heterocycles. The molecule has 96 valence electrons. The van der Waals surface area contributed by atoms with Crippen molar-refractivity contribution in [2.75, 3.05) is 0 Å². The van der Waals surface area contributed by atoms with Crippen molar-refractivity contribution < 1.29 is 0 Å². The number of aromatic amines is 1. The van der Waals surface area contributed by atoms with Crippen molar-refractivity contribution in [2.45, 2.75) is 13.8 Å². The second kappa shape index (κ2) is 4.09. The maximum Gasteiger partial charge on any atom is 0.256 e. The Hall–Kier alpha value is -2.36. The van der Waals surface area contributed by atoms with Crippen LogP contribution in [0, 0.1) is 13.8 Å². The predicted octanol–water partition coefficient (Wildman–Crippen LogP) is 2.55. The third kappa shape index (κ3) is 1.76. The number of aryl methyl sites for hydroxylation is 3. The average Bonchev–Trinajstić information content (AvgIpc) is 2.76. The third-order valence-corrected chi connectivity index (χ3v) is 3.56. The monoisotopic (exact) mass is 253 g/mol. The van der Waals surface area contributed by atoms with Crippen molar-refractivity contribution in [1.29, 1.82) is 0 Å². The Morgan fingerprint density at radius 1 is 1.21 bits per heavy atom. The van der Waals surface area contributed by atoms with Gasteiger partial charge in [0, 0.05) is 36.1 Å². The quantitative estimate of drug-likeness (QED) is 0.724. The highest BCUT2D eigenvalue weighted by molar-refractivity contribution is 5.93. The molecule has 0 spiro atoms. The summed E-state index contributed by atoms with van der Waals surface area (Å²) in [7, 11) is 1.95. The topological polar surface area (TPSA) is 50.7 Å². The van der Waals surface area contributed by atoms with E-state index in [1.54, 1.807) is 6.20 Å². The molecule has 3 aromatic rings. The van der Waals surface area contributed by atoms with Crippen LogP contribution in [0.2, 0.25) is 0 Å². The molecule has 0 bridgehead atoms. The lowest BCUT2D eigenvalue weighted by Gasteiger charge is -2.06. The van der Waals surface area contributed by atoms with Gasteiger partial charge in [-0.15, -0.1) is 0 Å². The Bertz CT molecular complexity index is 827. The molecular weight excluding hydrogens is 238 g/mol. The van der Waals surface area contributed by atoms with E-state index in [2.05, 4.69) is 9.97 Å². The zero-order chi connectivity index (χ0) is 13.6. The van der Waals surface area contributed by atoms with Gasteiger partial charge < -0.3 is 9.55 Å². The Labute approximate surface area is 110 Å². The molecule has 1 N–H and O–H groups in total. The highest BCUT2D eigenvalue weighted by Gasteiger charge is 2.11. The van der Waals surface area contributed by atoms with E-state index in [1.807, 2.05) is 49.9 Å². The van der Waals surface area contributed by atoms with Gasteiger partial charge in [-0.1, -0.05) is 0 Å². The first-order valence-electron chi connectivity index (χ1n) is 6.19. The second-order valence-corrected chi connectivity index (χ2v) is 4.84. The van der Waals surface area contributed by atoms with E-state index in [9.17, 15) is 4.79 Å². The molecule has 0 aliphatic carbocycles. The van der Waals surface area contributed by atoms with Gasteiger partial charge >= 0.3 is 0 Å². The van der Waals surface area contributed by atoms with Crippen LogP contribution in [0.15, 0.2) is 35.4 Å². The molecule has 0 saturated heterocycles. The molecule has 0 aromatic carbocycles. The summed E-state index contributed by atoms with van der Waals surface area (Å²) >= 11 is 0. The van der Waals surface area contributed by atoms with Crippen molar-refractivity contribution in [3.63, 3.8) is 0 Å². The molecule has 0 aliphatic heterocycles. The number of hydrogen-bond donors (Lipinski definition) is 1. The summed E-state index contributed by atoms with van der Waals surface area (Å²) < 4.78 is 1.95. The van der Waals surface area contributed by atoms with Crippen LogP contribution >= 0.6 is 0 Å². The highest BCUT2D eigenvalue weighted by atomic mass is 16.1. The van der Waals surface area contributed by atoms with E-state index < -0.39 is 0 Å². The van der Waals surface area contributed by atoms with Crippen LogP contribution in [0.1, 0.15) is 11.3 Å². The minimum Gasteiger partial charge on any atom is -0.336 e. The van der Waals surface area contributed by atoms with Crippen LogP contribution in [0.4, 0.5) is 0 Å². The van der Waals surface area contributed by atoms with Gasteiger partial charge in [0.25, 0.3) is 5.56 Å². The maximum atomic E-state index is 12.2. The van der Waals surface area contributed by atoms with Crippen LogP contribution < -0.4 is 5.56 Å². The first kappa shape index (κ1) is 11.7. The van der Waals surface area contributed by atoms with Gasteiger partial charge in [0.2, 0.25) is 0 Å². The van der Waals surface area contributed by atoms with Crippen LogP contribution in [-0.2, 0) is 7.05 Å². The second-order valence-electron chi connectivity index (χ2n) is 4.84. The van der Waals surface area contributed by atoms with Gasteiger partial charge in [-0.3, -0.25) is 4.79 Å². The smallest absolute Gasteiger partial charge is 0.256 e. The normalized spacial score (nSPS) is 11.1. The molecule has 3 aromatic heterocycles. The molecular formula is C15H15N3O. The molecule has 0 radical (unpaired) electrons. The van der Waals surface area contributed by atoms with Gasteiger partial charge in [0.05, 0.1) is 0 Å². The molecule has 0 saturated carbocycles. The predicted molar refractivity (Wildman–Crippen MR) is 76.2 cm³/mol. The number of nitrogens with one attached hydrogen (secondary N) is 1. The van der Waals surface area contributed by atoms with Gasteiger partial charge in [-0.05, 0) is 43.2 Å². The van der Waals surface area contributed by atoms with Gasteiger partial charge in [-0.2, -0.15) is 0 Å². The number of hydrogen-bond acceptors (Lipinski definition) is 2.